The van der Waals surface area contributed by atoms with Crippen molar-refractivity contribution in [3.8, 4) is 0 Å². The van der Waals surface area contributed by atoms with Crippen LogP contribution in [-0.2, 0) is 6.54 Å². The highest BCUT2D eigenvalue weighted by atomic mass is 16.3. The van der Waals surface area contributed by atoms with E-state index < -0.39 is 0 Å². The Kier molecular flexibility index (Phi) is 3.62. The number of likely N-dealkylation sites (tertiary alicyclic amines) is 1. The summed E-state index contributed by atoms with van der Waals surface area (Å²) in [5.74, 6) is 0.389. The minimum atomic E-state index is -0.123. The Balaban J connectivity index is 2.00. The van der Waals surface area contributed by atoms with Crippen LogP contribution in [-0.4, -0.2) is 28.7 Å². The van der Waals surface area contributed by atoms with Crippen LogP contribution in [0.1, 0.15) is 25.8 Å². The first-order valence-electron chi connectivity index (χ1n) is 6.13. The molecule has 1 aliphatic rings. The topological polar surface area (TPSA) is 23.5 Å². The first-order chi connectivity index (χ1) is 7.66. The zero-order chi connectivity index (χ0) is 11.5. The van der Waals surface area contributed by atoms with Crippen LogP contribution < -0.4 is 0 Å². The molecule has 0 bridgehead atoms. The van der Waals surface area contributed by atoms with Crippen LogP contribution in [0.15, 0.2) is 30.3 Å². The number of nitrogens with zero attached hydrogens (tertiary/aromatic N) is 1. The normalized spacial score (nSPS) is 31.6. The second-order valence-electron chi connectivity index (χ2n) is 5.04. The van der Waals surface area contributed by atoms with Crippen molar-refractivity contribution in [1.82, 2.24) is 4.90 Å². The lowest BCUT2D eigenvalue weighted by molar-refractivity contribution is 0.00194. The summed E-state index contributed by atoms with van der Waals surface area (Å²) in [5, 5.41) is 9.81. The lowest BCUT2D eigenvalue weighted by Crippen LogP contribution is -2.46. The third-order valence-corrected chi connectivity index (χ3v) is 3.61. The lowest BCUT2D eigenvalue weighted by Gasteiger charge is -2.39. The maximum absolute atomic E-state index is 9.81. The third-order valence-electron chi connectivity index (χ3n) is 3.61. The van der Waals surface area contributed by atoms with Gasteiger partial charge >= 0.3 is 0 Å². The van der Waals surface area contributed by atoms with Gasteiger partial charge in [0.15, 0.2) is 0 Å². The second kappa shape index (κ2) is 4.98. The smallest absolute Gasteiger partial charge is 0.0592 e. The van der Waals surface area contributed by atoms with Gasteiger partial charge in [-0.3, -0.25) is 4.90 Å². The van der Waals surface area contributed by atoms with E-state index in [-0.39, 0.29) is 6.10 Å². The van der Waals surface area contributed by atoms with Gasteiger partial charge in [-0.15, -0.1) is 0 Å². The maximum Gasteiger partial charge on any atom is 0.0592 e. The quantitative estimate of drug-likeness (QED) is 0.825. The molecule has 2 heteroatoms. The molecule has 16 heavy (non-hydrogen) atoms. The van der Waals surface area contributed by atoms with E-state index in [9.17, 15) is 5.11 Å². The van der Waals surface area contributed by atoms with Gasteiger partial charge < -0.3 is 5.11 Å². The molecule has 1 aromatic carbocycles. The number of hydrogen-bond donors (Lipinski definition) is 1. The summed E-state index contributed by atoms with van der Waals surface area (Å²) in [7, 11) is 0. The molecule has 1 saturated heterocycles. The van der Waals surface area contributed by atoms with E-state index in [1.54, 1.807) is 0 Å². The Morgan fingerprint density at radius 3 is 2.62 bits per heavy atom. The number of piperidine rings is 1. The molecule has 0 amide bonds. The Hall–Kier alpha value is -0.860. The third kappa shape index (κ3) is 2.63. The van der Waals surface area contributed by atoms with Crippen LogP contribution in [0, 0.1) is 5.92 Å². The predicted molar refractivity (Wildman–Crippen MR) is 66.1 cm³/mol. The minimum Gasteiger partial charge on any atom is -0.393 e. The summed E-state index contributed by atoms with van der Waals surface area (Å²) in [4.78, 5) is 2.46. The first-order valence-corrected chi connectivity index (χ1v) is 6.13. The molecular formula is C14H21NO. The monoisotopic (exact) mass is 219 g/mol. The summed E-state index contributed by atoms with van der Waals surface area (Å²) in [6.45, 7) is 6.34. The fourth-order valence-corrected chi connectivity index (χ4v) is 2.44. The predicted octanol–water partition coefficient (Wildman–Crippen LogP) is 2.28. The van der Waals surface area contributed by atoms with Gasteiger partial charge in [0.2, 0.25) is 0 Å². The van der Waals surface area contributed by atoms with Crippen molar-refractivity contribution in [2.75, 3.05) is 6.54 Å². The van der Waals surface area contributed by atoms with E-state index in [0.29, 0.717) is 12.0 Å². The standard InChI is InChI=1S/C14H21NO/c1-11-9-15(12(2)8-14(11)16)10-13-6-4-3-5-7-13/h3-7,11-12,14,16H,8-10H2,1-2H3/t11-,12-,14+/m1/s1. The summed E-state index contributed by atoms with van der Waals surface area (Å²) >= 11 is 0. The molecule has 1 N–H and O–H groups in total. The van der Waals surface area contributed by atoms with E-state index >= 15 is 0 Å². The number of aliphatic hydroxyl groups is 1. The van der Waals surface area contributed by atoms with Gasteiger partial charge in [-0.05, 0) is 24.8 Å². The number of rotatable bonds is 2. The van der Waals surface area contributed by atoms with Crippen molar-refractivity contribution in [3.63, 3.8) is 0 Å². The van der Waals surface area contributed by atoms with Gasteiger partial charge in [0.25, 0.3) is 0 Å². The van der Waals surface area contributed by atoms with Crippen molar-refractivity contribution in [2.24, 2.45) is 5.92 Å². The van der Waals surface area contributed by atoms with Crippen LogP contribution in [0.5, 0.6) is 0 Å². The van der Waals surface area contributed by atoms with Crippen LogP contribution in [0.4, 0.5) is 0 Å². The van der Waals surface area contributed by atoms with Gasteiger partial charge in [-0.2, -0.15) is 0 Å². The number of hydrogen-bond acceptors (Lipinski definition) is 2. The van der Waals surface area contributed by atoms with E-state index in [1.807, 2.05) is 0 Å². The molecule has 3 atom stereocenters. The van der Waals surface area contributed by atoms with Crippen LogP contribution in [0.25, 0.3) is 0 Å². The molecule has 1 fully saturated rings. The molecule has 0 spiro atoms. The molecule has 1 heterocycles. The van der Waals surface area contributed by atoms with Gasteiger partial charge in [0.05, 0.1) is 6.10 Å². The Morgan fingerprint density at radius 2 is 1.94 bits per heavy atom. The van der Waals surface area contributed by atoms with Crippen molar-refractivity contribution < 1.29 is 5.11 Å². The average molecular weight is 219 g/mol. The van der Waals surface area contributed by atoms with E-state index in [1.165, 1.54) is 5.56 Å². The molecule has 0 unspecified atom stereocenters. The van der Waals surface area contributed by atoms with Crippen LogP contribution >= 0.6 is 0 Å². The van der Waals surface area contributed by atoms with Crippen LogP contribution in [0.3, 0.4) is 0 Å². The fourth-order valence-electron chi connectivity index (χ4n) is 2.44. The molecule has 0 aromatic heterocycles. The van der Waals surface area contributed by atoms with Crippen molar-refractivity contribution in [2.45, 2.75) is 39.0 Å². The van der Waals surface area contributed by atoms with Crippen molar-refractivity contribution in [3.05, 3.63) is 35.9 Å². The molecule has 2 rings (SSSR count). The SMILES string of the molecule is C[C@@H]1CN(Cc2ccccc2)[C@H](C)C[C@@H]1O. The lowest BCUT2D eigenvalue weighted by atomic mass is 9.91. The van der Waals surface area contributed by atoms with E-state index in [4.69, 9.17) is 0 Å². The zero-order valence-corrected chi connectivity index (χ0v) is 10.1. The van der Waals surface area contributed by atoms with Gasteiger partial charge in [0.1, 0.15) is 0 Å². The van der Waals surface area contributed by atoms with E-state index in [0.717, 1.165) is 19.5 Å². The molecule has 2 nitrogen and oxygen atoms in total. The van der Waals surface area contributed by atoms with Gasteiger partial charge in [0, 0.05) is 19.1 Å². The summed E-state index contributed by atoms with van der Waals surface area (Å²) in [6, 6.07) is 11.0. The van der Waals surface area contributed by atoms with Crippen molar-refractivity contribution in [1.29, 1.82) is 0 Å². The molecule has 0 radical (unpaired) electrons. The Labute approximate surface area is 97.9 Å². The highest BCUT2D eigenvalue weighted by Crippen LogP contribution is 2.23. The highest BCUT2D eigenvalue weighted by Gasteiger charge is 2.29. The minimum absolute atomic E-state index is 0.123. The van der Waals surface area contributed by atoms with Gasteiger partial charge in [-0.25, -0.2) is 0 Å². The molecule has 88 valence electrons. The molecule has 0 aliphatic carbocycles. The Bertz CT molecular complexity index is 325. The summed E-state index contributed by atoms with van der Waals surface area (Å²) < 4.78 is 0. The molecule has 0 saturated carbocycles. The summed E-state index contributed by atoms with van der Waals surface area (Å²) in [5.41, 5.74) is 1.36. The Morgan fingerprint density at radius 1 is 1.25 bits per heavy atom. The number of benzene rings is 1. The maximum atomic E-state index is 9.81. The van der Waals surface area contributed by atoms with Crippen molar-refractivity contribution >= 4 is 0 Å². The zero-order valence-electron chi connectivity index (χ0n) is 10.1. The fraction of sp³-hybridized carbons (Fsp3) is 0.571. The average Bonchev–Trinajstić information content (AvgIpc) is 2.27. The molecule has 1 aromatic rings. The first kappa shape index (κ1) is 11.6. The highest BCUT2D eigenvalue weighted by molar-refractivity contribution is 5.14. The molecule has 1 aliphatic heterocycles. The summed E-state index contributed by atoms with van der Waals surface area (Å²) in [6.07, 6.45) is 0.774. The molecular weight excluding hydrogens is 198 g/mol. The van der Waals surface area contributed by atoms with Gasteiger partial charge in [-0.1, -0.05) is 37.3 Å². The largest absolute Gasteiger partial charge is 0.393 e. The number of aliphatic hydroxyl groups excluding tert-OH is 1. The van der Waals surface area contributed by atoms with Crippen LogP contribution in [0.2, 0.25) is 0 Å². The van der Waals surface area contributed by atoms with E-state index in [2.05, 4.69) is 49.1 Å². The second-order valence-corrected chi connectivity index (χ2v) is 5.04.